The normalized spacial score (nSPS) is 19.9. The Balaban J connectivity index is 2.32. The van der Waals surface area contributed by atoms with Gasteiger partial charge in [0, 0.05) is 24.7 Å². The van der Waals surface area contributed by atoms with Crippen LogP contribution in [0.15, 0.2) is 18.2 Å². The molecule has 1 heterocycles. The lowest BCUT2D eigenvalue weighted by Crippen LogP contribution is -2.24. The van der Waals surface area contributed by atoms with Crippen LogP contribution in [0.2, 0.25) is 0 Å². The number of aromatic hydroxyl groups is 1. The number of rotatable bonds is 1. The third kappa shape index (κ3) is 1.72. The maximum absolute atomic E-state index is 11.6. The van der Waals surface area contributed by atoms with E-state index in [0.29, 0.717) is 24.6 Å². The molecule has 4 heteroatoms. The second-order valence-electron chi connectivity index (χ2n) is 4.13. The Morgan fingerprint density at radius 3 is 2.81 bits per heavy atom. The Morgan fingerprint density at radius 2 is 2.31 bits per heavy atom. The molecule has 1 fully saturated rings. The van der Waals surface area contributed by atoms with Gasteiger partial charge in [-0.15, -0.1) is 0 Å². The first-order valence-electron chi connectivity index (χ1n) is 5.15. The van der Waals surface area contributed by atoms with Gasteiger partial charge in [-0.2, -0.15) is 5.26 Å². The average molecular weight is 216 g/mol. The monoisotopic (exact) mass is 216 g/mol. The summed E-state index contributed by atoms with van der Waals surface area (Å²) in [5.41, 5.74) is 0.884. The summed E-state index contributed by atoms with van der Waals surface area (Å²) in [6.45, 7) is 2.69. The van der Waals surface area contributed by atoms with Crippen LogP contribution in [-0.4, -0.2) is 17.6 Å². The van der Waals surface area contributed by atoms with Crippen molar-refractivity contribution < 1.29 is 9.90 Å². The number of phenolic OH excluding ortho intramolecular Hbond substituents is 1. The van der Waals surface area contributed by atoms with Crippen molar-refractivity contribution in [3.8, 4) is 11.8 Å². The van der Waals surface area contributed by atoms with Crippen LogP contribution in [0.25, 0.3) is 0 Å². The molecule has 2 rings (SSSR count). The first-order valence-corrected chi connectivity index (χ1v) is 5.15. The number of benzene rings is 1. The van der Waals surface area contributed by atoms with E-state index >= 15 is 0 Å². The number of phenols is 1. The van der Waals surface area contributed by atoms with Crippen LogP contribution in [0.5, 0.6) is 5.75 Å². The highest BCUT2D eigenvalue weighted by Crippen LogP contribution is 2.28. The van der Waals surface area contributed by atoms with E-state index in [1.54, 1.807) is 11.0 Å². The van der Waals surface area contributed by atoms with Gasteiger partial charge in [0.05, 0.1) is 5.56 Å². The summed E-state index contributed by atoms with van der Waals surface area (Å²) >= 11 is 0. The highest BCUT2D eigenvalue weighted by atomic mass is 16.3. The van der Waals surface area contributed by atoms with E-state index < -0.39 is 0 Å². The Morgan fingerprint density at radius 1 is 1.56 bits per heavy atom. The molecule has 1 aliphatic rings. The number of anilines is 1. The molecule has 0 bridgehead atoms. The van der Waals surface area contributed by atoms with Crippen LogP contribution in [0.3, 0.4) is 0 Å². The van der Waals surface area contributed by atoms with Gasteiger partial charge < -0.3 is 10.0 Å². The number of amides is 1. The third-order valence-corrected chi connectivity index (χ3v) is 2.73. The highest BCUT2D eigenvalue weighted by Gasteiger charge is 2.27. The zero-order valence-electron chi connectivity index (χ0n) is 8.97. The quantitative estimate of drug-likeness (QED) is 0.776. The number of nitrogens with zero attached hydrogens (tertiary/aromatic N) is 2. The SMILES string of the molecule is CC1CC(=O)N(c2ccc(C#N)c(O)c2)C1. The van der Waals surface area contributed by atoms with Crippen molar-refractivity contribution >= 4 is 11.6 Å². The van der Waals surface area contributed by atoms with Crippen molar-refractivity contribution in [2.24, 2.45) is 5.92 Å². The minimum absolute atomic E-state index is 0.0663. The number of carbonyl (C=O) groups is 1. The molecule has 0 spiro atoms. The second-order valence-corrected chi connectivity index (χ2v) is 4.13. The zero-order chi connectivity index (χ0) is 11.7. The molecule has 0 aromatic heterocycles. The van der Waals surface area contributed by atoms with Crippen LogP contribution >= 0.6 is 0 Å². The average Bonchev–Trinajstić information content (AvgIpc) is 2.58. The van der Waals surface area contributed by atoms with E-state index in [1.165, 1.54) is 12.1 Å². The molecule has 4 nitrogen and oxygen atoms in total. The summed E-state index contributed by atoms with van der Waals surface area (Å²) in [6, 6.07) is 6.56. The van der Waals surface area contributed by atoms with Gasteiger partial charge in [0.1, 0.15) is 11.8 Å². The molecule has 1 atom stereocenters. The molecule has 16 heavy (non-hydrogen) atoms. The molecular weight excluding hydrogens is 204 g/mol. The first kappa shape index (κ1) is 10.5. The van der Waals surface area contributed by atoms with E-state index in [-0.39, 0.29) is 17.2 Å². The number of carbonyl (C=O) groups excluding carboxylic acids is 1. The minimum Gasteiger partial charge on any atom is -0.506 e. The third-order valence-electron chi connectivity index (χ3n) is 2.73. The van der Waals surface area contributed by atoms with E-state index in [0.717, 1.165) is 0 Å². The van der Waals surface area contributed by atoms with E-state index in [4.69, 9.17) is 5.26 Å². The molecule has 1 unspecified atom stereocenters. The van der Waals surface area contributed by atoms with Crippen LogP contribution in [-0.2, 0) is 4.79 Å². The van der Waals surface area contributed by atoms with Crippen LogP contribution < -0.4 is 4.90 Å². The van der Waals surface area contributed by atoms with Crippen LogP contribution in [0, 0.1) is 17.2 Å². The van der Waals surface area contributed by atoms with Crippen molar-refractivity contribution in [3.05, 3.63) is 23.8 Å². The van der Waals surface area contributed by atoms with Crippen molar-refractivity contribution in [3.63, 3.8) is 0 Å². The fourth-order valence-corrected chi connectivity index (χ4v) is 1.92. The van der Waals surface area contributed by atoms with Crippen molar-refractivity contribution in [1.29, 1.82) is 5.26 Å². The lowest BCUT2D eigenvalue weighted by atomic mass is 10.1. The molecule has 0 saturated carbocycles. The topological polar surface area (TPSA) is 64.3 Å². The minimum atomic E-state index is -0.0765. The molecule has 0 radical (unpaired) electrons. The zero-order valence-corrected chi connectivity index (χ0v) is 8.97. The van der Waals surface area contributed by atoms with Gasteiger partial charge in [-0.1, -0.05) is 6.92 Å². The smallest absolute Gasteiger partial charge is 0.227 e. The Hall–Kier alpha value is -2.02. The van der Waals surface area contributed by atoms with Gasteiger partial charge in [0.2, 0.25) is 5.91 Å². The van der Waals surface area contributed by atoms with Gasteiger partial charge in [0.15, 0.2) is 0 Å². The summed E-state index contributed by atoms with van der Waals surface area (Å²) in [7, 11) is 0. The molecule has 1 amide bonds. The largest absolute Gasteiger partial charge is 0.506 e. The van der Waals surface area contributed by atoms with Crippen molar-refractivity contribution in [2.75, 3.05) is 11.4 Å². The second kappa shape index (κ2) is 3.86. The van der Waals surface area contributed by atoms with E-state index in [2.05, 4.69) is 0 Å². The molecule has 0 aliphatic carbocycles. The summed E-state index contributed by atoms with van der Waals surface area (Å²) in [6.07, 6.45) is 0.542. The number of hydrogen-bond donors (Lipinski definition) is 1. The van der Waals surface area contributed by atoms with Crippen LogP contribution in [0.1, 0.15) is 18.9 Å². The van der Waals surface area contributed by atoms with Gasteiger partial charge >= 0.3 is 0 Å². The molecule has 1 aromatic rings. The van der Waals surface area contributed by atoms with Gasteiger partial charge in [-0.3, -0.25) is 4.79 Å². The van der Waals surface area contributed by atoms with Crippen molar-refractivity contribution in [2.45, 2.75) is 13.3 Å². The summed E-state index contributed by atoms with van der Waals surface area (Å²) in [5.74, 6) is 0.328. The lowest BCUT2D eigenvalue weighted by molar-refractivity contribution is -0.117. The maximum Gasteiger partial charge on any atom is 0.227 e. The number of hydrogen-bond acceptors (Lipinski definition) is 3. The summed E-state index contributed by atoms with van der Waals surface area (Å²) < 4.78 is 0. The fraction of sp³-hybridized carbons (Fsp3) is 0.333. The molecule has 1 aromatic carbocycles. The predicted octanol–water partition coefficient (Wildman–Crippen LogP) is 1.64. The van der Waals surface area contributed by atoms with Crippen LogP contribution in [0.4, 0.5) is 5.69 Å². The Kier molecular flexibility index (Phi) is 2.53. The lowest BCUT2D eigenvalue weighted by Gasteiger charge is -2.16. The summed E-state index contributed by atoms with van der Waals surface area (Å²) in [5, 5.41) is 18.2. The Labute approximate surface area is 93.7 Å². The number of nitriles is 1. The molecule has 1 aliphatic heterocycles. The predicted molar refractivity (Wildman–Crippen MR) is 59.0 cm³/mol. The fourth-order valence-electron chi connectivity index (χ4n) is 1.92. The summed E-state index contributed by atoms with van der Waals surface area (Å²) in [4.78, 5) is 13.3. The first-order chi connectivity index (χ1) is 7.61. The Bertz CT molecular complexity index is 476. The standard InChI is InChI=1S/C12H12N2O2/c1-8-4-12(16)14(7-8)10-3-2-9(6-13)11(15)5-10/h2-3,5,8,15H,4,7H2,1H3. The highest BCUT2D eigenvalue weighted by molar-refractivity contribution is 5.95. The van der Waals surface area contributed by atoms with Gasteiger partial charge in [-0.05, 0) is 18.1 Å². The van der Waals surface area contributed by atoms with Crippen molar-refractivity contribution in [1.82, 2.24) is 0 Å². The molecular formula is C12H12N2O2. The van der Waals surface area contributed by atoms with E-state index in [1.807, 2.05) is 13.0 Å². The molecule has 1 N–H and O–H groups in total. The van der Waals surface area contributed by atoms with Gasteiger partial charge in [0.25, 0.3) is 0 Å². The molecule has 1 saturated heterocycles. The molecule has 82 valence electrons. The van der Waals surface area contributed by atoms with E-state index in [9.17, 15) is 9.90 Å². The van der Waals surface area contributed by atoms with Gasteiger partial charge in [-0.25, -0.2) is 0 Å². The maximum atomic E-state index is 11.6.